The van der Waals surface area contributed by atoms with Crippen molar-refractivity contribution in [1.29, 1.82) is 0 Å². The molecule has 0 N–H and O–H groups in total. The van der Waals surface area contributed by atoms with Crippen LogP contribution in [0.1, 0.15) is 0 Å². The lowest BCUT2D eigenvalue weighted by atomic mass is 10.0. The molecule has 0 saturated carbocycles. The minimum atomic E-state index is 0.908. The standard InChI is InChI=1S/C42H25NO2/c1-2-9-26(10-3-1)28-19-22-35-37(25-28)43(36-24-23-34-32-12-5-7-16-39(32)45-42(34)40(35)36)29-20-17-27(18-21-29)30-13-8-14-33-31-11-4-6-15-38(31)44-41(30)33/h1-25H. The summed E-state index contributed by atoms with van der Waals surface area (Å²) in [5, 5.41) is 6.86. The summed E-state index contributed by atoms with van der Waals surface area (Å²) in [6, 6.07) is 53.6. The van der Waals surface area contributed by atoms with Gasteiger partial charge in [-0.05, 0) is 59.2 Å². The Balaban J connectivity index is 1.22. The van der Waals surface area contributed by atoms with Crippen LogP contribution in [0.2, 0.25) is 0 Å². The molecule has 10 rings (SSSR count). The van der Waals surface area contributed by atoms with Crippen molar-refractivity contribution >= 4 is 65.7 Å². The molecule has 3 aromatic heterocycles. The zero-order valence-electron chi connectivity index (χ0n) is 24.2. The Morgan fingerprint density at radius 3 is 1.78 bits per heavy atom. The molecule has 3 heterocycles. The molecule has 0 aliphatic heterocycles. The number of benzene rings is 7. The molecule has 0 bridgehead atoms. The quantitative estimate of drug-likeness (QED) is 0.210. The van der Waals surface area contributed by atoms with Gasteiger partial charge in [0.15, 0.2) is 0 Å². The molecular weight excluding hydrogens is 550 g/mol. The van der Waals surface area contributed by atoms with Crippen LogP contribution in [0.15, 0.2) is 160 Å². The molecule has 3 heteroatoms. The first-order valence-electron chi connectivity index (χ1n) is 15.3. The van der Waals surface area contributed by atoms with Crippen molar-refractivity contribution < 1.29 is 8.83 Å². The molecule has 0 radical (unpaired) electrons. The van der Waals surface area contributed by atoms with E-state index in [9.17, 15) is 0 Å². The third-order valence-corrected chi connectivity index (χ3v) is 9.22. The number of aromatic nitrogens is 1. The summed E-state index contributed by atoms with van der Waals surface area (Å²) in [5.74, 6) is 0. The summed E-state index contributed by atoms with van der Waals surface area (Å²) in [4.78, 5) is 0. The maximum absolute atomic E-state index is 6.56. The van der Waals surface area contributed by atoms with E-state index >= 15 is 0 Å². The molecule has 0 fully saturated rings. The molecule has 3 nitrogen and oxygen atoms in total. The minimum Gasteiger partial charge on any atom is -0.455 e. The van der Waals surface area contributed by atoms with Crippen LogP contribution in [0.4, 0.5) is 0 Å². The number of para-hydroxylation sites is 3. The molecule has 0 saturated heterocycles. The van der Waals surface area contributed by atoms with Gasteiger partial charge in [0.25, 0.3) is 0 Å². The van der Waals surface area contributed by atoms with Crippen LogP contribution in [0, 0.1) is 0 Å². The second-order valence-corrected chi connectivity index (χ2v) is 11.7. The molecule has 0 atom stereocenters. The smallest absolute Gasteiger partial charge is 0.145 e. The van der Waals surface area contributed by atoms with Crippen LogP contribution in [-0.4, -0.2) is 4.57 Å². The lowest BCUT2D eigenvalue weighted by Gasteiger charge is -2.11. The number of hydrogen-bond donors (Lipinski definition) is 0. The van der Waals surface area contributed by atoms with Crippen molar-refractivity contribution in [1.82, 2.24) is 4.57 Å². The van der Waals surface area contributed by atoms with Gasteiger partial charge in [-0.3, -0.25) is 0 Å². The zero-order valence-corrected chi connectivity index (χ0v) is 24.2. The second-order valence-electron chi connectivity index (χ2n) is 11.7. The molecule has 10 aromatic rings. The molecular formula is C42H25NO2. The summed E-state index contributed by atoms with van der Waals surface area (Å²) >= 11 is 0. The summed E-state index contributed by atoms with van der Waals surface area (Å²) in [7, 11) is 0. The van der Waals surface area contributed by atoms with E-state index in [0.717, 1.165) is 77.1 Å². The third-order valence-electron chi connectivity index (χ3n) is 9.22. The van der Waals surface area contributed by atoms with Crippen LogP contribution >= 0.6 is 0 Å². The normalized spacial score (nSPS) is 12.0. The first-order chi connectivity index (χ1) is 22.3. The molecule has 45 heavy (non-hydrogen) atoms. The average Bonchev–Trinajstić information content (AvgIpc) is 3.78. The minimum absolute atomic E-state index is 0.908. The van der Waals surface area contributed by atoms with E-state index in [0.29, 0.717) is 0 Å². The Morgan fingerprint density at radius 1 is 0.378 bits per heavy atom. The van der Waals surface area contributed by atoms with E-state index in [2.05, 4.69) is 138 Å². The van der Waals surface area contributed by atoms with Gasteiger partial charge in [0.2, 0.25) is 0 Å². The van der Waals surface area contributed by atoms with E-state index in [1.807, 2.05) is 18.2 Å². The van der Waals surface area contributed by atoms with Crippen LogP contribution < -0.4 is 0 Å². The topological polar surface area (TPSA) is 31.2 Å². The molecule has 210 valence electrons. The van der Waals surface area contributed by atoms with Gasteiger partial charge in [-0.25, -0.2) is 0 Å². The fourth-order valence-corrected chi connectivity index (χ4v) is 7.14. The number of furan rings is 2. The molecule has 0 spiro atoms. The van der Waals surface area contributed by atoms with Crippen molar-refractivity contribution in [2.45, 2.75) is 0 Å². The first-order valence-corrected chi connectivity index (χ1v) is 15.3. The predicted molar refractivity (Wildman–Crippen MR) is 186 cm³/mol. The molecule has 0 aliphatic carbocycles. The van der Waals surface area contributed by atoms with Crippen LogP contribution in [0.5, 0.6) is 0 Å². The maximum Gasteiger partial charge on any atom is 0.145 e. The lowest BCUT2D eigenvalue weighted by Crippen LogP contribution is -1.94. The Kier molecular flexibility index (Phi) is 5.00. The Hall–Kier alpha value is -6.06. The maximum atomic E-state index is 6.56. The Labute approximate surface area is 258 Å². The zero-order chi connectivity index (χ0) is 29.5. The fraction of sp³-hybridized carbons (Fsp3) is 0. The van der Waals surface area contributed by atoms with Crippen molar-refractivity contribution in [2.24, 2.45) is 0 Å². The number of fused-ring (bicyclic) bond motifs is 10. The van der Waals surface area contributed by atoms with E-state index in [-0.39, 0.29) is 0 Å². The SMILES string of the molecule is c1ccc(-c2ccc3c4c5oc6ccccc6c5ccc4n(-c4ccc(-c5cccc6c5oc5ccccc56)cc4)c3c2)cc1. The molecule has 0 aliphatic rings. The molecule has 0 unspecified atom stereocenters. The van der Waals surface area contributed by atoms with E-state index in [1.165, 1.54) is 16.5 Å². The predicted octanol–water partition coefficient (Wildman–Crippen LogP) is 11.9. The molecule has 7 aromatic carbocycles. The van der Waals surface area contributed by atoms with E-state index < -0.39 is 0 Å². The van der Waals surface area contributed by atoms with Gasteiger partial charge in [-0.15, -0.1) is 0 Å². The van der Waals surface area contributed by atoms with Gasteiger partial charge in [-0.2, -0.15) is 0 Å². The van der Waals surface area contributed by atoms with Crippen LogP contribution in [-0.2, 0) is 0 Å². The monoisotopic (exact) mass is 575 g/mol. The van der Waals surface area contributed by atoms with Crippen molar-refractivity contribution in [3.8, 4) is 27.9 Å². The van der Waals surface area contributed by atoms with Gasteiger partial charge < -0.3 is 13.4 Å². The van der Waals surface area contributed by atoms with E-state index in [1.54, 1.807) is 0 Å². The van der Waals surface area contributed by atoms with Gasteiger partial charge in [-0.1, -0.05) is 109 Å². The van der Waals surface area contributed by atoms with Crippen LogP contribution in [0.25, 0.3) is 93.6 Å². The Morgan fingerprint density at radius 2 is 1.00 bits per heavy atom. The average molecular weight is 576 g/mol. The van der Waals surface area contributed by atoms with Gasteiger partial charge >= 0.3 is 0 Å². The number of nitrogens with zero attached hydrogens (tertiary/aromatic N) is 1. The summed E-state index contributed by atoms with van der Waals surface area (Å²) in [6.07, 6.45) is 0. The number of rotatable bonds is 3. The lowest BCUT2D eigenvalue weighted by molar-refractivity contribution is 0.670. The first kappa shape index (κ1) is 24.4. The largest absolute Gasteiger partial charge is 0.455 e. The highest BCUT2D eigenvalue weighted by atomic mass is 16.3. The van der Waals surface area contributed by atoms with Crippen molar-refractivity contribution in [3.63, 3.8) is 0 Å². The summed E-state index contributed by atoms with van der Waals surface area (Å²) < 4.78 is 15.3. The summed E-state index contributed by atoms with van der Waals surface area (Å²) in [6.45, 7) is 0. The highest BCUT2D eigenvalue weighted by molar-refractivity contribution is 6.24. The van der Waals surface area contributed by atoms with Gasteiger partial charge in [0.05, 0.1) is 16.4 Å². The highest BCUT2D eigenvalue weighted by Gasteiger charge is 2.20. The van der Waals surface area contributed by atoms with Crippen LogP contribution in [0.3, 0.4) is 0 Å². The fourth-order valence-electron chi connectivity index (χ4n) is 7.14. The second kappa shape index (κ2) is 9.22. The summed E-state index contributed by atoms with van der Waals surface area (Å²) in [5.41, 5.74) is 11.6. The molecule has 0 amide bonds. The van der Waals surface area contributed by atoms with Gasteiger partial charge in [0.1, 0.15) is 22.3 Å². The number of hydrogen-bond acceptors (Lipinski definition) is 2. The highest BCUT2D eigenvalue weighted by Crippen LogP contribution is 2.42. The van der Waals surface area contributed by atoms with Crippen molar-refractivity contribution in [3.05, 3.63) is 152 Å². The Bertz CT molecular complexity index is 2740. The van der Waals surface area contributed by atoms with E-state index in [4.69, 9.17) is 8.83 Å². The van der Waals surface area contributed by atoms with Crippen molar-refractivity contribution in [2.75, 3.05) is 0 Å². The van der Waals surface area contributed by atoms with Gasteiger partial charge in [0, 0.05) is 38.2 Å². The third kappa shape index (κ3) is 3.52.